The fourth-order valence-electron chi connectivity index (χ4n) is 4.06. The normalized spacial score (nSPS) is 17.0. The highest BCUT2D eigenvalue weighted by Crippen LogP contribution is 2.26. The Kier molecular flexibility index (Phi) is 5.77. The number of amides is 1. The second kappa shape index (κ2) is 8.50. The van der Waals surface area contributed by atoms with Crippen LogP contribution in [0.3, 0.4) is 0 Å². The van der Waals surface area contributed by atoms with E-state index in [0.717, 1.165) is 48.1 Å². The van der Waals surface area contributed by atoms with Crippen molar-refractivity contribution >= 4 is 16.8 Å². The van der Waals surface area contributed by atoms with Gasteiger partial charge in [-0.25, -0.2) is 4.98 Å². The summed E-state index contributed by atoms with van der Waals surface area (Å²) in [6, 6.07) is 15.8. The Balaban J connectivity index is 1.56. The minimum absolute atomic E-state index is 0.200. The van der Waals surface area contributed by atoms with Crippen LogP contribution in [0.15, 0.2) is 42.5 Å². The molecule has 0 bridgehead atoms. The number of aliphatic hydroxyl groups excluding tert-OH is 1. The molecule has 3 heterocycles. The Hall–Kier alpha value is -3.21. The Morgan fingerprint density at radius 1 is 1.35 bits per heavy atom. The molecule has 0 aliphatic carbocycles. The number of nitrogens with one attached hydrogen (secondary N) is 2. The first-order valence-corrected chi connectivity index (χ1v) is 10.6. The summed E-state index contributed by atoms with van der Waals surface area (Å²) in [6.45, 7) is 5.30. The molecule has 1 atom stereocenters. The van der Waals surface area contributed by atoms with Gasteiger partial charge >= 0.3 is 0 Å². The van der Waals surface area contributed by atoms with Crippen molar-refractivity contribution in [3.8, 4) is 17.3 Å². The molecule has 1 amide bonds. The number of rotatable bonds is 6. The number of hydrogen-bond donors (Lipinski definition) is 3. The molecule has 1 aliphatic rings. The van der Waals surface area contributed by atoms with E-state index in [9.17, 15) is 9.90 Å². The van der Waals surface area contributed by atoms with Crippen molar-refractivity contribution in [1.82, 2.24) is 20.2 Å². The van der Waals surface area contributed by atoms with Crippen LogP contribution in [0.1, 0.15) is 42.9 Å². The van der Waals surface area contributed by atoms with Gasteiger partial charge in [-0.3, -0.25) is 9.69 Å². The summed E-state index contributed by atoms with van der Waals surface area (Å²) >= 11 is 0. The summed E-state index contributed by atoms with van der Waals surface area (Å²) in [5, 5.41) is 22.5. The summed E-state index contributed by atoms with van der Waals surface area (Å²) < 4.78 is 0. The average Bonchev–Trinajstić information content (AvgIpc) is 3.39. The molecule has 4 rings (SSSR count). The third kappa shape index (κ3) is 4.61. The van der Waals surface area contributed by atoms with Crippen LogP contribution in [0.4, 0.5) is 0 Å². The van der Waals surface area contributed by atoms with E-state index in [0.29, 0.717) is 5.69 Å². The van der Waals surface area contributed by atoms with Gasteiger partial charge in [0, 0.05) is 34.7 Å². The number of H-pyrrole nitrogens is 1. The van der Waals surface area contributed by atoms with Crippen molar-refractivity contribution in [2.45, 2.75) is 44.8 Å². The maximum Gasteiger partial charge on any atom is 0.271 e. The van der Waals surface area contributed by atoms with Crippen molar-refractivity contribution in [3.63, 3.8) is 0 Å². The van der Waals surface area contributed by atoms with Gasteiger partial charge in [-0.15, -0.1) is 0 Å². The first-order valence-electron chi connectivity index (χ1n) is 10.6. The number of benzene rings is 1. The van der Waals surface area contributed by atoms with Crippen molar-refractivity contribution < 1.29 is 9.90 Å². The molecule has 0 radical (unpaired) electrons. The van der Waals surface area contributed by atoms with Crippen LogP contribution < -0.4 is 5.32 Å². The number of aliphatic hydroxyl groups is 1. The molecule has 1 fully saturated rings. The van der Waals surface area contributed by atoms with Crippen LogP contribution in [0, 0.1) is 11.3 Å². The second-order valence-corrected chi connectivity index (χ2v) is 8.64. The van der Waals surface area contributed by atoms with Crippen molar-refractivity contribution in [3.05, 3.63) is 53.9 Å². The Morgan fingerprint density at radius 3 is 2.97 bits per heavy atom. The molecular formula is C24H27N5O2. The molecule has 2 aromatic heterocycles. The molecule has 0 saturated carbocycles. The first-order chi connectivity index (χ1) is 14.9. The Morgan fingerprint density at radius 2 is 2.19 bits per heavy atom. The zero-order valence-electron chi connectivity index (χ0n) is 17.9. The number of hydrogen-bond acceptors (Lipinski definition) is 5. The molecular weight excluding hydrogens is 390 g/mol. The van der Waals surface area contributed by atoms with E-state index < -0.39 is 5.54 Å². The van der Waals surface area contributed by atoms with E-state index in [1.807, 2.05) is 18.2 Å². The standard InChI is InChI=1S/C24H27N5O2/c1-24(2,15-25)28-23(31)22-7-3-6-20(27-22)16-8-9-21-17(11-16)12-18(26-21)13-29-10-4-5-19(29)14-30/h3,6-9,11-12,19,26,30H,4-5,10,13-14H2,1-2H3,(H,28,31)/t19-/m1/s1. The summed E-state index contributed by atoms with van der Waals surface area (Å²) in [5.74, 6) is -0.373. The van der Waals surface area contributed by atoms with E-state index in [1.54, 1.807) is 26.0 Å². The molecule has 3 aromatic rings. The van der Waals surface area contributed by atoms with Crippen LogP contribution in [0.2, 0.25) is 0 Å². The third-order valence-corrected chi connectivity index (χ3v) is 5.74. The lowest BCUT2D eigenvalue weighted by Gasteiger charge is -2.21. The monoisotopic (exact) mass is 417 g/mol. The van der Waals surface area contributed by atoms with Gasteiger partial charge in [-0.2, -0.15) is 5.26 Å². The van der Waals surface area contributed by atoms with Gasteiger partial charge in [0.25, 0.3) is 5.91 Å². The molecule has 31 heavy (non-hydrogen) atoms. The number of carbonyl (C=O) groups excluding carboxylic acids is 1. The van der Waals surface area contributed by atoms with E-state index in [2.05, 4.69) is 38.4 Å². The second-order valence-electron chi connectivity index (χ2n) is 8.64. The molecule has 1 aromatic carbocycles. The highest BCUT2D eigenvalue weighted by Gasteiger charge is 2.24. The largest absolute Gasteiger partial charge is 0.395 e. The van der Waals surface area contributed by atoms with E-state index in [4.69, 9.17) is 5.26 Å². The van der Waals surface area contributed by atoms with E-state index in [-0.39, 0.29) is 24.2 Å². The summed E-state index contributed by atoms with van der Waals surface area (Å²) in [7, 11) is 0. The number of nitrogens with zero attached hydrogens (tertiary/aromatic N) is 3. The average molecular weight is 418 g/mol. The quantitative estimate of drug-likeness (QED) is 0.571. The maximum atomic E-state index is 12.5. The predicted molar refractivity (Wildman–Crippen MR) is 119 cm³/mol. The summed E-state index contributed by atoms with van der Waals surface area (Å²) in [6.07, 6.45) is 2.17. The molecule has 1 aliphatic heterocycles. The Labute approximate surface area is 181 Å². The van der Waals surface area contributed by atoms with Gasteiger partial charge in [0.05, 0.1) is 18.4 Å². The minimum atomic E-state index is -0.959. The van der Waals surface area contributed by atoms with Gasteiger partial charge in [0.1, 0.15) is 11.2 Å². The van der Waals surface area contributed by atoms with Crippen molar-refractivity contribution in [2.75, 3.05) is 13.2 Å². The fourth-order valence-corrected chi connectivity index (χ4v) is 4.06. The molecule has 1 saturated heterocycles. The molecule has 160 valence electrons. The van der Waals surface area contributed by atoms with Crippen LogP contribution in [0.5, 0.6) is 0 Å². The van der Waals surface area contributed by atoms with Gasteiger partial charge in [-0.1, -0.05) is 12.1 Å². The van der Waals surface area contributed by atoms with Crippen molar-refractivity contribution in [1.29, 1.82) is 5.26 Å². The molecule has 7 heteroatoms. The number of aromatic amines is 1. The third-order valence-electron chi connectivity index (χ3n) is 5.74. The number of nitriles is 1. The van der Waals surface area contributed by atoms with Crippen LogP contribution >= 0.6 is 0 Å². The van der Waals surface area contributed by atoms with Gasteiger partial charge in [0.15, 0.2) is 0 Å². The van der Waals surface area contributed by atoms with Gasteiger partial charge in [-0.05, 0) is 63.6 Å². The predicted octanol–water partition coefficient (Wildman–Crippen LogP) is 3.22. The number of fused-ring (bicyclic) bond motifs is 1. The first kappa shape index (κ1) is 21.0. The number of aromatic nitrogens is 2. The smallest absolute Gasteiger partial charge is 0.271 e. The SMILES string of the molecule is CC(C)(C#N)NC(=O)c1cccc(-c2ccc3[nH]c(CN4CCC[C@@H]4CO)cc3c2)n1. The molecule has 0 spiro atoms. The number of carbonyl (C=O) groups is 1. The minimum Gasteiger partial charge on any atom is -0.395 e. The van der Waals surface area contributed by atoms with Crippen LogP contribution in [-0.2, 0) is 6.54 Å². The Bertz CT molecular complexity index is 1140. The number of likely N-dealkylation sites (tertiary alicyclic amines) is 1. The molecule has 7 nitrogen and oxygen atoms in total. The lowest BCUT2D eigenvalue weighted by Crippen LogP contribution is -2.42. The highest BCUT2D eigenvalue weighted by atomic mass is 16.3. The van der Waals surface area contributed by atoms with Crippen molar-refractivity contribution in [2.24, 2.45) is 0 Å². The maximum absolute atomic E-state index is 12.5. The lowest BCUT2D eigenvalue weighted by molar-refractivity contribution is 0.0924. The molecule has 3 N–H and O–H groups in total. The molecule has 0 unspecified atom stereocenters. The van der Waals surface area contributed by atoms with Crippen LogP contribution in [0.25, 0.3) is 22.2 Å². The van der Waals surface area contributed by atoms with Crippen LogP contribution in [-0.4, -0.2) is 50.6 Å². The van der Waals surface area contributed by atoms with E-state index in [1.165, 1.54) is 0 Å². The lowest BCUT2D eigenvalue weighted by atomic mass is 10.1. The highest BCUT2D eigenvalue weighted by molar-refractivity contribution is 5.94. The summed E-state index contributed by atoms with van der Waals surface area (Å²) in [4.78, 5) is 22.8. The summed E-state index contributed by atoms with van der Waals surface area (Å²) in [5.41, 5.74) is 3.10. The number of pyridine rings is 1. The van der Waals surface area contributed by atoms with Gasteiger partial charge in [0.2, 0.25) is 0 Å². The van der Waals surface area contributed by atoms with E-state index >= 15 is 0 Å². The topological polar surface area (TPSA) is 105 Å². The zero-order chi connectivity index (χ0) is 22.0. The zero-order valence-corrected chi connectivity index (χ0v) is 17.9. The van der Waals surface area contributed by atoms with Gasteiger partial charge < -0.3 is 15.4 Å². The fraction of sp³-hybridized carbons (Fsp3) is 0.375.